The zero-order valence-corrected chi connectivity index (χ0v) is 14.7. The summed E-state index contributed by atoms with van der Waals surface area (Å²) in [6.45, 7) is 4.91. The van der Waals surface area contributed by atoms with E-state index in [2.05, 4.69) is 9.89 Å². The molecule has 23 heavy (non-hydrogen) atoms. The van der Waals surface area contributed by atoms with Gasteiger partial charge in [-0.3, -0.25) is 9.79 Å². The van der Waals surface area contributed by atoms with Crippen molar-refractivity contribution in [2.24, 2.45) is 4.99 Å². The zero-order valence-electron chi connectivity index (χ0n) is 13.9. The third-order valence-corrected chi connectivity index (χ3v) is 5.02. The van der Waals surface area contributed by atoms with Crippen molar-refractivity contribution in [2.45, 2.75) is 19.2 Å². The summed E-state index contributed by atoms with van der Waals surface area (Å²) in [7, 11) is 3.31. The number of hydrogen-bond donors (Lipinski definition) is 0. The Hall–Kier alpha value is -1.79. The molecule has 1 aromatic carbocycles. The minimum atomic E-state index is 0.00570. The van der Waals surface area contributed by atoms with Gasteiger partial charge in [-0.1, -0.05) is 11.8 Å². The summed E-state index contributed by atoms with van der Waals surface area (Å²) in [5.41, 5.74) is 1.85. The van der Waals surface area contributed by atoms with Crippen molar-refractivity contribution in [3.05, 3.63) is 34.9 Å². The Morgan fingerprint density at radius 3 is 2.61 bits per heavy atom. The molecule has 0 aromatic heterocycles. The number of benzene rings is 1. The van der Waals surface area contributed by atoms with Gasteiger partial charge in [-0.15, -0.1) is 0 Å². The third-order valence-electron chi connectivity index (χ3n) is 3.58. The Bertz CT molecular complexity index is 611. The van der Waals surface area contributed by atoms with E-state index in [1.165, 1.54) is 11.8 Å². The molecule has 0 amide bonds. The molecule has 2 rings (SSSR count). The van der Waals surface area contributed by atoms with Gasteiger partial charge >= 0.3 is 0 Å². The average Bonchev–Trinajstić information content (AvgIpc) is 2.87. The molecule has 0 aliphatic carbocycles. The second-order valence-electron chi connectivity index (χ2n) is 5.14. The molecule has 6 heteroatoms. The fourth-order valence-electron chi connectivity index (χ4n) is 2.34. The summed E-state index contributed by atoms with van der Waals surface area (Å²) >= 11 is 1.54. The Balaban J connectivity index is 2.13. The summed E-state index contributed by atoms with van der Waals surface area (Å²) in [6, 6.07) is 7.56. The second kappa shape index (κ2) is 8.17. The van der Waals surface area contributed by atoms with Crippen LogP contribution in [0.15, 0.2) is 39.9 Å². The summed E-state index contributed by atoms with van der Waals surface area (Å²) in [6.07, 6.45) is 1.88. The number of carbonyl (C=O) groups is 1. The van der Waals surface area contributed by atoms with Crippen molar-refractivity contribution in [2.75, 3.05) is 27.4 Å². The minimum Gasteiger partial charge on any atom is -0.497 e. The van der Waals surface area contributed by atoms with E-state index in [1.807, 2.05) is 37.4 Å². The lowest BCUT2D eigenvalue weighted by atomic mass is 10.3. The van der Waals surface area contributed by atoms with E-state index in [1.54, 1.807) is 21.1 Å². The van der Waals surface area contributed by atoms with Gasteiger partial charge in [0.2, 0.25) is 0 Å². The summed E-state index contributed by atoms with van der Waals surface area (Å²) in [5.74, 6) is 0.896. The molecule has 1 aromatic rings. The molecule has 1 aliphatic heterocycles. The highest BCUT2D eigenvalue weighted by molar-refractivity contribution is 8.05. The number of Topliss-reactive ketones (excluding diaryl/α,β-unsaturated/α-hetero) is 1. The van der Waals surface area contributed by atoms with E-state index in [0.29, 0.717) is 6.61 Å². The molecule has 1 atom stereocenters. The highest BCUT2D eigenvalue weighted by Gasteiger charge is 2.30. The van der Waals surface area contributed by atoms with Crippen LogP contribution in [0, 0.1) is 0 Å². The van der Waals surface area contributed by atoms with Crippen molar-refractivity contribution < 1.29 is 14.3 Å². The van der Waals surface area contributed by atoms with Crippen LogP contribution in [0.5, 0.6) is 5.75 Å². The van der Waals surface area contributed by atoms with Gasteiger partial charge in [0.15, 0.2) is 5.78 Å². The largest absolute Gasteiger partial charge is 0.497 e. The maximum Gasteiger partial charge on any atom is 0.167 e. The standard InChI is InChI=1S/C17H22N2O3S/c1-12-17(13(2)20)23-16(19(12)9-10-21-3)11-18-14-5-7-15(22-4)8-6-14/h5-8,11,16H,9-10H2,1-4H3. The zero-order chi connectivity index (χ0) is 16.8. The number of carbonyl (C=O) groups excluding carboxylic acids is 1. The first-order valence-corrected chi connectivity index (χ1v) is 8.27. The molecule has 0 radical (unpaired) electrons. The van der Waals surface area contributed by atoms with Crippen LogP contribution in [0.3, 0.4) is 0 Å². The number of allylic oxidation sites excluding steroid dienone is 2. The SMILES string of the molecule is COCCN1C(C)=C(C(C)=O)SC1C=Nc1ccc(OC)cc1. The predicted octanol–water partition coefficient (Wildman–Crippen LogP) is 3.24. The molecule has 0 fully saturated rings. The molecule has 0 spiro atoms. The van der Waals surface area contributed by atoms with Gasteiger partial charge in [-0.05, 0) is 38.1 Å². The maximum atomic E-state index is 11.8. The van der Waals surface area contributed by atoms with Gasteiger partial charge in [-0.25, -0.2) is 0 Å². The Morgan fingerprint density at radius 2 is 2.04 bits per heavy atom. The van der Waals surface area contributed by atoms with Gasteiger partial charge in [0, 0.05) is 25.6 Å². The number of aliphatic imine (C=N–C) groups is 1. The van der Waals surface area contributed by atoms with Crippen LogP contribution < -0.4 is 4.74 Å². The van der Waals surface area contributed by atoms with E-state index >= 15 is 0 Å². The number of ether oxygens (including phenoxy) is 2. The summed E-state index contributed by atoms with van der Waals surface area (Å²) < 4.78 is 10.3. The first kappa shape index (κ1) is 17.6. The Morgan fingerprint density at radius 1 is 1.35 bits per heavy atom. The monoisotopic (exact) mass is 334 g/mol. The van der Waals surface area contributed by atoms with Crippen molar-refractivity contribution >= 4 is 29.4 Å². The quantitative estimate of drug-likeness (QED) is 0.717. The van der Waals surface area contributed by atoms with E-state index in [0.717, 1.165) is 28.6 Å². The van der Waals surface area contributed by atoms with Gasteiger partial charge < -0.3 is 14.4 Å². The van der Waals surface area contributed by atoms with E-state index in [-0.39, 0.29) is 11.2 Å². The lowest BCUT2D eigenvalue weighted by molar-refractivity contribution is -0.113. The normalized spacial score (nSPS) is 18.1. The fraction of sp³-hybridized carbons (Fsp3) is 0.412. The van der Waals surface area contributed by atoms with Crippen molar-refractivity contribution in [3.8, 4) is 5.75 Å². The maximum absolute atomic E-state index is 11.8. The highest BCUT2D eigenvalue weighted by Crippen LogP contribution is 2.37. The number of hydrogen-bond acceptors (Lipinski definition) is 6. The van der Waals surface area contributed by atoms with Crippen LogP contribution in [0.25, 0.3) is 0 Å². The topological polar surface area (TPSA) is 51.1 Å². The number of methoxy groups -OCH3 is 2. The van der Waals surface area contributed by atoms with Gasteiger partial charge in [0.05, 0.1) is 24.3 Å². The summed E-state index contributed by atoms with van der Waals surface area (Å²) in [5, 5.41) is 0.00570. The summed E-state index contributed by atoms with van der Waals surface area (Å²) in [4.78, 5) is 19.2. The third kappa shape index (κ3) is 4.36. The molecular formula is C17H22N2O3S. The molecule has 0 saturated carbocycles. The predicted molar refractivity (Wildman–Crippen MR) is 94.5 cm³/mol. The van der Waals surface area contributed by atoms with Gasteiger partial charge in [0.1, 0.15) is 11.1 Å². The molecule has 1 unspecified atom stereocenters. The number of thioether (sulfide) groups is 1. The van der Waals surface area contributed by atoms with Crippen LogP contribution in [0.1, 0.15) is 13.8 Å². The molecule has 1 aliphatic rings. The average molecular weight is 334 g/mol. The van der Waals surface area contributed by atoms with Crippen LogP contribution in [0.2, 0.25) is 0 Å². The van der Waals surface area contributed by atoms with Crippen LogP contribution >= 0.6 is 11.8 Å². The molecule has 0 N–H and O–H groups in total. The number of ketones is 1. The smallest absolute Gasteiger partial charge is 0.167 e. The molecule has 5 nitrogen and oxygen atoms in total. The molecule has 1 heterocycles. The van der Waals surface area contributed by atoms with E-state index in [4.69, 9.17) is 9.47 Å². The molecule has 0 bridgehead atoms. The Labute approximate surface area is 141 Å². The van der Waals surface area contributed by atoms with Crippen LogP contribution in [-0.2, 0) is 9.53 Å². The lowest BCUT2D eigenvalue weighted by Gasteiger charge is -2.24. The van der Waals surface area contributed by atoms with E-state index in [9.17, 15) is 4.79 Å². The molecule has 124 valence electrons. The first-order valence-electron chi connectivity index (χ1n) is 7.39. The van der Waals surface area contributed by atoms with Gasteiger partial charge in [-0.2, -0.15) is 0 Å². The van der Waals surface area contributed by atoms with Crippen LogP contribution in [0.4, 0.5) is 5.69 Å². The molecular weight excluding hydrogens is 312 g/mol. The molecule has 0 saturated heterocycles. The van der Waals surface area contributed by atoms with Crippen molar-refractivity contribution in [1.82, 2.24) is 4.90 Å². The lowest BCUT2D eigenvalue weighted by Crippen LogP contribution is -2.31. The number of rotatable bonds is 7. The van der Waals surface area contributed by atoms with E-state index < -0.39 is 0 Å². The van der Waals surface area contributed by atoms with Crippen LogP contribution in [-0.4, -0.2) is 49.6 Å². The van der Waals surface area contributed by atoms with Gasteiger partial charge in [0.25, 0.3) is 0 Å². The van der Waals surface area contributed by atoms with Crippen molar-refractivity contribution in [1.29, 1.82) is 0 Å². The number of nitrogens with zero attached hydrogens (tertiary/aromatic N) is 2. The fourth-order valence-corrected chi connectivity index (χ4v) is 3.55. The Kier molecular flexibility index (Phi) is 6.24. The highest BCUT2D eigenvalue weighted by atomic mass is 32.2. The minimum absolute atomic E-state index is 0.00570. The first-order chi connectivity index (χ1) is 11.1. The second-order valence-corrected chi connectivity index (χ2v) is 6.27. The van der Waals surface area contributed by atoms with Crippen molar-refractivity contribution in [3.63, 3.8) is 0 Å².